The molecular weight excluding hydrogens is 288 g/mol. The predicted octanol–water partition coefficient (Wildman–Crippen LogP) is 3.18. The molecule has 2 aromatic rings. The van der Waals surface area contributed by atoms with Gasteiger partial charge in [0, 0.05) is 18.6 Å². The lowest BCUT2D eigenvalue weighted by Gasteiger charge is -2.14. The molecule has 0 aliphatic heterocycles. The third-order valence-electron chi connectivity index (χ3n) is 2.11. The number of aromatic nitrogens is 1. The molecule has 0 atom stereocenters. The highest BCUT2D eigenvalue weighted by atomic mass is 79.9. The van der Waals surface area contributed by atoms with Gasteiger partial charge >= 0.3 is 0 Å². The zero-order valence-corrected chi connectivity index (χ0v) is 11.0. The summed E-state index contributed by atoms with van der Waals surface area (Å²) in [6.07, 6.45) is 1.67. The number of amides is 1. The van der Waals surface area contributed by atoms with Crippen LogP contribution >= 0.6 is 27.3 Å². The Labute approximate surface area is 106 Å². The van der Waals surface area contributed by atoms with Crippen molar-refractivity contribution in [3.05, 3.63) is 45.2 Å². The van der Waals surface area contributed by atoms with Crippen molar-refractivity contribution in [1.82, 2.24) is 4.98 Å². The first kappa shape index (κ1) is 11.3. The number of thiophene rings is 1. The standard InChI is InChI=1S/C11H9BrN2OS/c1-14(10-4-2-3-5-13-10)11(15)8-6-9(12)16-7-8/h2-7H,1H3. The fraction of sp³-hybridized carbons (Fsp3) is 0.0909. The van der Waals surface area contributed by atoms with E-state index in [1.54, 1.807) is 19.3 Å². The highest BCUT2D eigenvalue weighted by Gasteiger charge is 2.15. The summed E-state index contributed by atoms with van der Waals surface area (Å²) in [5.41, 5.74) is 0.671. The van der Waals surface area contributed by atoms with Crippen LogP contribution in [0.25, 0.3) is 0 Å². The van der Waals surface area contributed by atoms with Crippen LogP contribution in [0.15, 0.2) is 39.6 Å². The largest absolute Gasteiger partial charge is 0.296 e. The van der Waals surface area contributed by atoms with Crippen LogP contribution in [0, 0.1) is 0 Å². The molecule has 0 aliphatic rings. The van der Waals surface area contributed by atoms with E-state index in [1.165, 1.54) is 16.2 Å². The van der Waals surface area contributed by atoms with Gasteiger partial charge in [0.1, 0.15) is 5.82 Å². The van der Waals surface area contributed by atoms with Gasteiger partial charge in [-0.15, -0.1) is 11.3 Å². The summed E-state index contributed by atoms with van der Waals surface area (Å²) in [7, 11) is 1.72. The maximum atomic E-state index is 12.0. The molecule has 2 aromatic heterocycles. The second-order valence-electron chi connectivity index (χ2n) is 3.19. The average molecular weight is 297 g/mol. The smallest absolute Gasteiger partial charge is 0.260 e. The van der Waals surface area contributed by atoms with Gasteiger partial charge in [-0.05, 0) is 34.1 Å². The second kappa shape index (κ2) is 4.76. The Kier molecular flexibility index (Phi) is 3.36. The third kappa shape index (κ3) is 2.31. The summed E-state index contributed by atoms with van der Waals surface area (Å²) in [4.78, 5) is 17.7. The van der Waals surface area contributed by atoms with Gasteiger partial charge in [0.25, 0.3) is 5.91 Å². The normalized spacial score (nSPS) is 10.1. The van der Waals surface area contributed by atoms with Crippen LogP contribution in [-0.4, -0.2) is 17.9 Å². The van der Waals surface area contributed by atoms with E-state index in [9.17, 15) is 4.79 Å². The summed E-state index contributed by atoms with van der Waals surface area (Å²) in [5, 5.41) is 1.83. The van der Waals surface area contributed by atoms with Crippen molar-refractivity contribution in [2.45, 2.75) is 0 Å². The van der Waals surface area contributed by atoms with E-state index in [4.69, 9.17) is 0 Å². The van der Waals surface area contributed by atoms with Crippen LogP contribution in [0.2, 0.25) is 0 Å². The number of carbonyl (C=O) groups is 1. The van der Waals surface area contributed by atoms with Crippen molar-refractivity contribution in [3.8, 4) is 0 Å². The van der Waals surface area contributed by atoms with Crippen LogP contribution in [0.1, 0.15) is 10.4 Å². The molecule has 0 spiro atoms. The summed E-state index contributed by atoms with van der Waals surface area (Å²) in [6, 6.07) is 7.30. The lowest BCUT2D eigenvalue weighted by Crippen LogP contribution is -2.26. The fourth-order valence-corrected chi connectivity index (χ4v) is 2.40. The molecule has 0 N–H and O–H groups in total. The fourth-order valence-electron chi connectivity index (χ4n) is 1.27. The lowest BCUT2D eigenvalue weighted by atomic mass is 10.3. The molecule has 82 valence electrons. The number of carbonyl (C=O) groups excluding carboxylic acids is 1. The van der Waals surface area contributed by atoms with Gasteiger partial charge in [0.15, 0.2) is 0 Å². The predicted molar refractivity (Wildman–Crippen MR) is 69.0 cm³/mol. The molecule has 0 bridgehead atoms. The molecule has 0 saturated heterocycles. The molecule has 0 saturated carbocycles. The molecule has 1 amide bonds. The van der Waals surface area contributed by atoms with Gasteiger partial charge in [0.2, 0.25) is 0 Å². The third-order valence-corrected chi connectivity index (χ3v) is 3.62. The summed E-state index contributed by atoms with van der Waals surface area (Å²) >= 11 is 4.83. The van der Waals surface area contributed by atoms with Crippen molar-refractivity contribution in [3.63, 3.8) is 0 Å². The molecular formula is C11H9BrN2OS. The minimum absolute atomic E-state index is 0.0550. The number of hydrogen-bond acceptors (Lipinski definition) is 3. The Balaban J connectivity index is 2.23. The zero-order chi connectivity index (χ0) is 11.5. The van der Waals surface area contributed by atoms with Crippen molar-refractivity contribution in [1.29, 1.82) is 0 Å². The summed E-state index contributed by atoms with van der Waals surface area (Å²) < 4.78 is 0.949. The molecule has 3 nitrogen and oxygen atoms in total. The van der Waals surface area contributed by atoms with E-state index in [1.807, 2.05) is 23.6 Å². The van der Waals surface area contributed by atoms with Gasteiger partial charge in [-0.25, -0.2) is 4.98 Å². The van der Waals surface area contributed by atoms with Crippen molar-refractivity contribution in [2.75, 3.05) is 11.9 Å². The molecule has 2 rings (SSSR count). The van der Waals surface area contributed by atoms with E-state index in [-0.39, 0.29) is 5.91 Å². The van der Waals surface area contributed by atoms with Gasteiger partial charge in [0.05, 0.1) is 9.35 Å². The number of rotatable bonds is 2. The van der Waals surface area contributed by atoms with E-state index in [0.717, 1.165) is 3.79 Å². The molecule has 16 heavy (non-hydrogen) atoms. The molecule has 5 heteroatoms. The maximum absolute atomic E-state index is 12.0. The van der Waals surface area contributed by atoms with Gasteiger partial charge in [-0.1, -0.05) is 6.07 Å². The number of hydrogen-bond donors (Lipinski definition) is 0. The van der Waals surface area contributed by atoms with Crippen molar-refractivity contribution >= 4 is 39.0 Å². The first-order valence-electron chi connectivity index (χ1n) is 4.61. The van der Waals surface area contributed by atoms with Crippen molar-refractivity contribution < 1.29 is 4.79 Å². The Morgan fingerprint density at radius 1 is 1.50 bits per heavy atom. The Bertz CT molecular complexity index is 498. The maximum Gasteiger partial charge on any atom is 0.260 e. The van der Waals surface area contributed by atoms with E-state index >= 15 is 0 Å². The molecule has 0 radical (unpaired) electrons. The quantitative estimate of drug-likeness (QED) is 0.853. The Hall–Kier alpha value is -1.20. The van der Waals surface area contributed by atoms with Gasteiger partial charge in [-0.3, -0.25) is 9.69 Å². The molecule has 2 heterocycles. The lowest BCUT2D eigenvalue weighted by molar-refractivity contribution is 0.0992. The monoisotopic (exact) mass is 296 g/mol. The molecule has 0 fully saturated rings. The van der Waals surface area contributed by atoms with Crippen LogP contribution < -0.4 is 4.90 Å². The SMILES string of the molecule is CN(C(=O)c1csc(Br)c1)c1ccccn1. The van der Waals surface area contributed by atoms with Crippen molar-refractivity contribution in [2.24, 2.45) is 0 Å². The zero-order valence-electron chi connectivity index (χ0n) is 8.55. The average Bonchev–Trinajstić information content (AvgIpc) is 2.75. The van der Waals surface area contributed by atoms with Gasteiger partial charge < -0.3 is 0 Å². The van der Waals surface area contributed by atoms with E-state index in [0.29, 0.717) is 11.4 Å². The van der Waals surface area contributed by atoms with E-state index in [2.05, 4.69) is 20.9 Å². The van der Waals surface area contributed by atoms with Crippen LogP contribution in [0.5, 0.6) is 0 Å². The molecule has 0 unspecified atom stereocenters. The highest BCUT2D eigenvalue weighted by Crippen LogP contribution is 2.22. The topological polar surface area (TPSA) is 33.2 Å². The number of nitrogens with zero attached hydrogens (tertiary/aromatic N) is 2. The van der Waals surface area contributed by atoms with E-state index < -0.39 is 0 Å². The number of pyridine rings is 1. The van der Waals surface area contributed by atoms with Crippen LogP contribution in [0.3, 0.4) is 0 Å². The van der Waals surface area contributed by atoms with Crippen LogP contribution in [-0.2, 0) is 0 Å². The minimum atomic E-state index is -0.0550. The Morgan fingerprint density at radius 2 is 2.31 bits per heavy atom. The first-order chi connectivity index (χ1) is 7.68. The molecule has 0 aromatic carbocycles. The first-order valence-corrected chi connectivity index (χ1v) is 6.29. The summed E-state index contributed by atoms with van der Waals surface area (Å²) in [5.74, 6) is 0.593. The van der Waals surface area contributed by atoms with Crippen LogP contribution in [0.4, 0.5) is 5.82 Å². The second-order valence-corrected chi connectivity index (χ2v) is 5.48. The number of halogens is 1. The number of anilines is 1. The summed E-state index contributed by atoms with van der Waals surface area (Å²) in [6.45, 7) is 0. The Morgan fingerprint density at radius 3 is 2.88 bits per heavy atom. The molecule has 0 aliphatic carbocycles. The highest BCUT2D eigenvalue weighted by molar-refractivity contribution is 9.11. The minimum Gasteiger partial charge on any atom is -0.296 e. The van der Waals surface area contributed by atoms with Gasteiger partial charge in [-0.2, -0.15) is 0 Å².